The zero-order valence-electron chi connectivity index (χ0n) is 11.6. The van der Waals surface area contributed by atoms with E-state index in [1.807, 2.05) is 11.8 Å². The summed E-state index contributed by atoms with van der Waals surface area (Å²) < 4.78 is 24.7. The number of benzene rings is 1. The summed E-state index contributed by atoms with van der Waals surface area (Å²) in [7, 11) is -3.36. The van der Waals surface area contributed by atoms with Crippen LogP contribution in [0.25, 0.3) is 0 Å². The summed E-state index contributed by atoms with van der Waals surface area (Å²) in [6, 6.07) is 6.18. The van der Waals surface area contributed by atoms with Gasteiger partial charge in [-0.15, -0.1) is 0 Å². The Labute approximate surface area is 128 Å². The molecule has 3 N–H and O–H groups in total. The molecule has 6 nitrogen and oxygen atoms in total. The molecule has 0 unspecified atom stereocenters. The largest absolute Gasteiger partial charge is 0.409 e. The van der Waals surface area contributed by atoms with E-state index in [0.29, 0.717) is 12.1 Å². The quantitative estimate of drug-likeness (QED) is 0.355. The molecule has 0 aromatic heterocycles. The third-order valence-electron chi connectivity index (χ3n) is 3.38. The molecule has 1 aliphatic rings. The molecule has 0 bridgehead atoms. The Morgan fingerprint density at radius 1 is 1.38 bits per heavy atom. The molecule has 21 heavy (non-hydrogen) atoms. The molecule has 1 heterocycles. The van der Waals surface area contributed by atoms with Gasteiger partial charge in [-0.2, -0.15) is 11.8 Å². The average Bonchev–Trinajstić information content (AvgIpc) is 2.53. The molecule has 0 amide bonds. The second kappa shape index (κ2) is 7.15. The third kappa shape index (κ3) is 4.36. The minimum absolute atomic E-state index is 0.0806. The molecule has 0 aliphatic carbocycles. The van der Waals surface area contributed by atoms with E-state index < -0.39 is 9.84 Å². The van der Waals surface area contributed by atoms with Crippen LogP contribution in [0.1, 0.15) is 5.56 Å². The summed E-state index contributed by atoms with van der Waals surface area (Å²) in [5.41, 5.74) is 5.89. The highest BCUT2D eigenvalue weighted by molar-refractivity contribution is 7.99. The van der Waals surface area contributed by atoms with Gasteiger partial charge in [0.05, 0.1) is 10.6 Å². The van der Waals surface area contributed by atoms with E-state index in [2.05, 4.69) is 10.1 Å². The van der Waals surface area contributed by atoms with Crippen molar-refractivity contribution in [3.05, 3.63) is 29.8 Å². The van der Waals surface area contributed by atoms with Gasteiger partial charge in [-0.05, 0) is 12.1 Å². The fraction of sp³-hybridized carbons (Fsp3) is 0.462. The lowest BCUT2D eigenvalue weighted by atomic mass is 10.2. The Balaban J connectivity index is 2.08. The van der Waals surface area contributed by atoms with E-state index in [4.69, 9.17) is 10.9 Å². The van der Waals surface area contributed by atoms with E-state index >= 15 is 0 Å². The predicted octanol–water partition coefficient (Wildman–Crippen LogP) is 0.604. The van der Waals surface area contributed by atoms with Crippen LogP contribution < -0.4 is 5.73 Å². The number of amidine groups is 1. The summed E-state index contributed by atoms with van der Waals surface area (Å²) in [5.74, 6) is 2.09. The summed E-state index contributed by atoms with van der Waals surface area (Å²) in [5, 5.41) is 11.6. The fourth-order valence-corrected chi connectivity index (χ4v) is 4.40. The first kappa shape index (κ1) is 16.1. The molecular weight excluding hydrogens is 310 g/mol. The van der Waals surface area contributed by atoms with Crippen LogP contribution in [0.4, 0.5) is 0 Å². The molecule has 116 valence electrons. The number of nitrogens with zero attached hydrogens (tertiary/aromatic N) is 2. The highest BCUT2D eigenvalue weighted by atomic mass is 32.2. The van der Waals surface area contributed by atoms with Crippen LogP contribution in [-0.4, -0.2) is 61.3 Å². The van der Waals surface area contributed by atoms with Crippen LogP contribution in [0.3, 0.4) is 0 Å². The minimum Gasteiger partial charge on any atom is -0.409 e. The summed E-state index contributed by atoms with van der Waals surface area (Å²) >= 11 is 1.89. The average molecular weight is 329 g/mol. The van der Waals surface area contributed by atoms with Crippen LogP contribution in [0.2, 0.25) is 0 Å². The highest BCUT2D eigenvalue weighted by Gasteiger charge is 2.18. The number of hydrogen-bond donors (Lipinski definition) is 2. The van der Waals surface area contributed by atoms with Gasteiger partial charge in [0.2, 0.25) is 0 Å². The van der Waals surface area contributed by atoms with E-state index in [0.717, 1.165) is 24.6 Å². The number of oxime groups is 1. The van der Waals surface area contributed by atoms with Gasteiger partial charge >= 0.3 is 0 Å². The first-order valence-electron chi connectivity index (χ1n) is 6.64. The Bertz CT molecular complexity index is 611. The third-order valence-corrected chi connectivity index (χ3v) is 6.01. The normalized spacial score (nSPS) is 17.8. The van der Waals surface area contributed by atoms with Crippen molar-refractivity contribution in [1.29, 1.82) is 0 Å². The minimum atomic E-state index is -3.36. The van der Waals surface area contributed by atoms with E-state index in [1.54, 1.807) is 12.1 Å². The number of hydrogen-bond acceptors (Lipinski definition) is 6. The Hall–Kier alpha value is -1.25. The fourth-order valence-electron chi connectivity index (χ4n) is 2.10. The molecule has 1 saturated heterocycles. The SMILES string of the molecule is N/C(=N/O)c1cccc(S(=O)(=O)CCN2CCSCC2)c1. The molecule has 0 radical (unpaired) electrons. The number of sulfone groups is 1. The second-order valence-corrected chi connectivity index (χ2v) is 8.12. The molecule has 2 rings (SSSR count). The monoisotopic (exact) mass is 329 g/mol. The maximum Gasteiger partial charge on any atom is 0.179 e. The van der Waals surface area contributed by atoms with Crippen molar-refractivity contribution in [1.82, 2.24) is 4.90 Å². The lowest BCUT2D eigenvalue weighted by Crippen LogP contribution is -2.36. The maximum atomic E-state index is 12.4. The van der Waals surface area contributed by atoms with Crippen LogP contribution in [0.15, 0.2) is 34.3 Å². The topological polar surface area (TPSA) is 96.0 Å². The van der Waals surface area contributed by atoms with Crippen LogP contribution in [-0.2, 0) is 9.84 Å². The first-order chi connectivity index (χ1) is 10.0. The van der Waals surface area contributed by atoms with Crippen molar-refractivity contribution < 1.29 is 13.6 Å². The van der Waals surface area contributed by atoms with Crippen LogP contribution >= 0.6 is 11.8 Å². The molecule has 0 atom stereocenters. The lowest BCUT2D eigenvalue weighted by Gasteiger charge is -2.25. The van der Waals surface area contributed by atoms with Crippen LogP contribution in [0, 0.1) is 0 Å². The second-order valence-electron chi connectivity index (χ2n) is 4.79. The molecule has 0 saturated carbocycles. The first-order valence-corrected chi connectivity index (χ1v) is 9.44. The van der Waals surface area contributed by atoms with E-state index in [1.165, 1.54) is 12.1 Å². The zero-order chi connectivity index (χ0) is 15.3. The van der Waals surface area contributed by atoms with Crippen molar-refractivity contribution in [3.8, 4) is 0 Å². The molecule has 1 aliphatic heterocycles. The summed E-state index contributed by atoms with van der Waals surface area (Å²) in [4.78, 5) is 2.37. The van der Waals surface area contributed by atoms with Gasteiger partial charge in [0.15, 0.2) is 15.7 Å². The molecule has 1 aromatic rings. The van der Waals surface area contributed by atoms with Crippen molar-refractivity contribution in [2.45, 2.75) is 4.90 Å². The zero-order valence-corrected chi connectivity index (χ0v) is 13.2. The number of nitrogens with two attached hydrogens (primary N) is 1. The number of thioether (sulfide) groups is 1. The van der Waals surface area contributed by atoms with Gasteiger partial charge in [0.25, 0.3) is 0 Å². The van der Waals surface area contributed by atoms with Gasteiger partial charge in [0, 0.05) is 36.7 Å². The van der Waals surface area contributed by atoms with Crippen LogP contribution in [0.5, 0.6) is 0 Å². The van der Waals surface area contributed by atoms with Gasteiger partial charge in [-0.3, -0.25) is 0 Å². The van der Waals surface area contributed by atoms with E-state index in [-0.39, 0.29) is 16.5 Å². The van der Waals surface area contributed by atoms with Gasteiger partial charge in [-0.1, -0.05) is 17.3 Å². The van der Waals surface area contributed by atoms with Gasteiger partial charge in [-0.25, -0.2) is 8.42 Å². The van der Waals surface area contributed by atoms with Crippen molar-refractivity contribution in [2.75, 3.05) is 36.9 Å². The molecule has 0 spiro atoms. The van der Waals surface area contributed by atoms with E-state index in [9.17, 15) is 8.42 Å². The predicted molar refractivity (Wildman–Crippen MR) is 84.8 cm³/mol. The molecule has 1 fully saturated rings. The van der Waals surface area contributed by atoms with Gasteiger partial charge < -0.3 is 15.8 Å². The summed E-state index contributed by atoms with van der Waals surface area (Å²) in [6.45, 7) is 2.41. The Morgan fingerprint density at radius 2 is 2.10 bits per heavy atom. The molecule has 1 aromatic carbocycles. The van der Waals surface area contributed by atoms with Crippen molar-refractivity contribution in [3.63, 3.8) is 0 Å². The maximum absolute atomic E-state index is 12.4. The smallest absolute Gasteiger partial charge is 0.179 e. The summed E-state index contributed by atoms with van der Waals surface area (Å²) in [6.07, 6.45) is 0. The van der Waals surface area contributed by atoms with Crippen molar-refractivity contribution in [2.24, 2.45) is 10.9 Å². The molecular formula is C13H19N3O3S2. The standard InChI is InChI=1S/C13H19N3O3S2/c14-13(15-17)11-2-1-3-12(10-11)21(18,19)9-6-16-4-7-20-8-5-16/h1-3,10,17H,4-9H2,(H2,14,15). The Morgan fingerprint density at radius 3 is 2.76 bits per heavy atom. The number of rotatable bonds is 5. The highest BCUT2D eigenvalue weighted by Crippen LogP contribution is 2.15. The lowest BCUT2D eigenvalue weighted by molar-refractivity contribution is 0.318. The Kier molecular flexibility index (Phi) is 5.49. The molecule has 8 heteroatoms. The van der Waals surface area contributed by atoms with Gasteiger partial charge in [0.1, 0.15) is 0 Å². The van der Waals surface area contributed by atoms with Crippen molar-refractivity contribution >= 4 is 27.4 Å².